The van der Waals surface area contributed by atoms with Crippen molar-refractivity contribution in [3.8, 4) is 5.88 Å². The number of nitro groups is 1. The lowest BCUT2D eigenvalue weighted by Crippen LogP contribution is -2.56. The minimum atomic E-state index is -4.61. The van der Waals surface area contributed by atoms with Crippen molar-refractivity contribution >= 4 is 55.4 Å². The van der Waals surface area contributed by atoms with Crippen LogP contribution in [-0.4, -0.2) is 102 Å². The van der Waals surface area contributed by atoms with Crippen LogP contribution in [0.1, 0.15) is 131 Å². The Morgan fingerprint density at radius 3 is 2.53 bits per heavy atom. The Balaban J connectivity index is 0.864. The van der Waals surface area contributed by atoms with Crippen LogP contribution >= 0.6 is 0 Å². The van der Waals surface area contributed by atoms with Gasteiger partial charge >= 0.3 is 0 Å². The van der Waals surface area contributed by atoms with Crippen molar-refractivity contribution < 1.29 is 32.7 Å². The average molecular weight is 1000 g/mol. The molecule has 3 aromatic carbocycles. The lowest BCUT2D eigenvalue weighted by molar-refractivity contribution is -0.384. The third-order valence-corrected chi connectivity index (χ3v) is 18.4. The quantitative estimate of drug-likeness (QED) is 0.0682. The second-order valence-electron chi connectivity index (χ2n) is 22.2. The first-order valence-electron chi connectivity index (χ1n) is 26.2. The summed E-state index contributed by atoms with van der Waals surface area (Å²) in [6.45, 7) is 10.5. The number of nitrogens with one attached hydrogen (secondary N) is 3. The molecule has 0 radical (unpaired) electrons. The van der Waals surface area contributed by atoms with Gasteiger partial charge in [-0.3, -0.25) is 19.8 Å². The summed E-state index contributed by atoms with van der Waals surface area (Å²) < 4.78 is 43.1. The van der Waals surface area contributed by atoms with Gasteiger partial charge in [0.1, 0.15) is 23.1 Å². The number of piperidine rings is 2. The number of rotatable bonds is 12. The number of nitro benzene ring substituents is 1. The van der Waals surface area contributed by atoms with Gasteiger partial charge in [-0.15, -0.1) is 0 Å². The molecule has 11 rings (SSSR count). The molecule has 1 amide bonds. The second-order valence-corrected chi connectivity index (χ2v) is 23.8. The highest BCUT2D eigenvalue weighted by atomic mass is 32.2. The van der Waals surface area contributed by atoms with Gasteiger partial charge in [-0.1, -0.05) is 44.5 Å². The standard InChI is InChI=1S/C55H68N8O8S/c1-35(2)41-8-4-5-9-42(41)45-10-6-7-24-61(45)39-31-55(32-39)21-25-60(26-22-55)38-11-13-43(47(29-38)62-46-18-27-70-34-50(46)71-53-49(62)28-37-17-23-56-51(37)58-53)52(64)59-72(68,69)40-12-14-44(48(30-40)63(66)67)57-33-36-15-19-54(3,65)20-16-36/h4-5,8-9,11-14,17,23,28-30,35-36,39,45-46,50,57,65H,6-7,10,15-16,18-22,24-27,31-34H2,1-3H3,(H,56,58)(H,59,64)/t36-,45-,46-,50-,54-/m0/s1. The molecular formula is C55H68N8O8S. The number of carbonyl (C=O) groups is 1. The normalized spacial score (nSPS) is 25.6. The number of anilines is 4. The highest BCUT2D eigenvalue weighted by Crippen LogP contribution is 2.54. The Kier molecular flexibility index (Phi) is 13.0. The number of likely N-dealkylation sites (tertiary alicyclic amines) is 1. The fourth-order valence-electron chi connectivity index (χ4n) is 12.9. The topological polar surface area (TPSA) is 196 Å². The predicted octanol–water partition coefficient (Wildman–Crippen LogP) is 9.73. The van der Waals surface area contributed by atoms with Gasteiger partial charge in [0.2, 0.25) is 5.88 Å². The van der Waals surface area contributed by atoms with Crippen molar-refractivity contribution in [2.24, 2.45) is 11.3 Å². The van der Waals surface area contributed by atoms with Crippen LogP contribution < -0.4 is 24.6 Å². The van der Waals surface area contributed by atoms with Gasteiger partial charge in [0.15, 0.2) is 0 Å². The number of fused-ring (bicyclic) bond motifs is 3. The average Bonchev–Trinajstić information content (AvgIpc) is 3.83. The number of aromatic nitrogens is 2. The zero-order valence-corrected chi connectivity index (χ0v) is 42.5. The SMILES string of the molecule is CC(C)c1ccccc1[C@@H]1CCCCN1C1CC2(CCN(c3ccc(C(=O)NS(=O)(=O)c4ccc(NC[C@H]5CC[C@](C)(O)CC5)c([N+](=O)[O-])c4)c(N4c5cc6cc[nH]c6nc5O[C@H]5COCC[C@@H]54)c3)CC2)C1. The largest absolute Gasteiger partial charge is 0.468 e. The zero-order valence-electron chi connectivity index (χ0n) is 41.6. The molecule has 6 aliphatic rings. The Morgan fingerprint density at radius 2 is 1.75 bits per heavy atom. The second kappa shape index (κ2) is 19.3. The van der Waals surface area contributed by atoms with Crippen LogP contribution in [0.3, 0.4) is 0 Å². The molecule has 5 fully saturated rings. The Morgan fingerprint density at radius 1 is 0.958 bits per heavy atom. The van der Waals surface area contributed by atoms with Gasteiger partial charge in [0, 0.05) is 61.7 Å². The number of H-pyrrole nitrogens is 1. The summed E-state index contributed by atoms with van der Waals surface area (Å²) in [4.78, 5) is 41.4. The molecule has 0 unspecified atom stereocenters. The number of aromatic amines is 1. The summed E-state index contributed by atoms with van der Waals surface area (Å²) in [5.74, 6) is 0.192. The number of ether oxygens (including phenoxy) is 2. The summed E-state index contributed by atoms with van der Waals surface area (Å²) in [6.07, 6.45) is 13.0. The van der Waals surface area contributed by atoms with Crippen molar-refractivity contribution in [2.75, 3.05) is 54.5 Å². The van der Waals surface area contributed by atoms with Crippen LogP contribution in [0, 0.1) is 21.4 Å². The van der Waals surface area contributed by atoms with E-state index in [1.165, 1.54) is 55.4 Å². The molecule has 382 valence electrons. The van der Waals surface area contributed by atoms with Gasteiger partial charge in [-0.25, -0.2) is 13.1 Å². The number of aliphatic hydroxyl groups is 1. The number of pyridine rings is 1. The maximum Gasteiger partial charge on any atom is 0.293 e. The third-order valence-electron chi connectivity index (χ3n) is 17.1. The van der Waals surface area contributed by atoms with Gasteiger partial charge in [0.25, 0.3) is 21.6 Å². The smallest absolute Gasteiger partial charge is 0.293 e. The minimum Gasteiger partial charge on any atom is -0.468 e. The van der Waals surface area contributed by atoms with Crippen molar-refractivity contribution in [1.82, 2.24) is 19.6 Å². The number of carbonyl (C=O) groups excluding carboxylic acids is 1. The zero-order chi connectivity index (χ0) is 49.9. The summed E-state index contributed by atoms with van der Waals surface area (Å²) in [6, 6.07) is 23.0. The van der Waals surface area contributed by atoms with E-state index in [1.807, 2.05) is 37.4 Å². The first-order chi connectivity index (χ1) is 34.6. The molecule has 2 aromatic heterocycles. The summed E-state index contributed by atoms with van der Waals surface area (Å²) in [5.41, 5.74) is 5.18. The van der Waals surface area contributed by atoms with Gasteiger partial charge in [-0.05, 0) is 155 Å². The van der Waals surface area contributed by atoms with E-state index < -0.39 is 43.1 Å². The fourth-order valence-corrected chi connectivity index (χ4v) is 13.9. The molecule has 3 saturated heterocycles. The van der Waals surface area contributed by atoms with E-state index in [0.29, 0.717) is 79.9 Å². The molecule has 2 aliphatic carbocycles. The van der Waals surface area contributed by atoms with Crippen LogP contribution in [0.15, 0.2) is 83.9 Å². The highest BCUT2D eigenvalue weighted by molar-refractivity contribution is 7.90. The van der Waals surface area contributed by atoms with E-state index in [4.69, 9.17) is 14.5 Å². The Hall–Kier alpha value is -5.75. The summed E-state index contributed by atoms with van der Waals surface area (Å²) >= 11 is 0. The third kappa shape index (κ3) is 9.41. The van der Waals surface area contributed by atoms with Crippen molar-refractivity contribution in [2.45, 2.75) is 138 Å². The first-order valence-corrected chi connectivity index (χ1v) is 27.7. The molecule has 3 atom stereocenters. The van der Waals surface area contributed by atoms with E-state index in [0.717, 1.165) is 62.5 Å². The number of amides is 1. The number of sulfonamides is 1. The summed E-state index contributed by atoms with van der Waals surface area (Å²) in [5, 5.41) is 26.8. The van der Waals surface area contributed by atoms with Crippen LogP contribution in [0.5, 0.6) is 5.88 Å². The molecule has 17 heteroatoms. The molecule has 6 heterocycles. The molecular weight excluding hydrogens is 933 g/mol. The Labute approximate surface area is 422 Å². The van der Waals surface area contributed by atoms with E-state index in [-0.39, 0.29) is 28.6 Å². The monoisotopic (exact) mass is 1000 g/mol. The van der Waals surface area contributed by atoms with E-state index in [9.17, 15) is 28.4 Å². The van der Waals surface area contributed by atoms with Crippen molar-refractivity contribution in [3.63, 3.8) is 0 Å². The van der Waals surface area contributed by atoms with Crippen molar-refractivity contribution in [1.29, 1.82) is 0 Å². The molecule has 16 nitrogen and oxygen atoms in total. The lowest BCUT2D eigenvalue weighted by atomic mass is 9.59. The van der Waals surface area contributed by atoms with E-state index in [1.54, 1.807) is 6.07 Å². The maximum absolute atomic E-state index is 14.7. The molecule has 5 aromatic rings. The number of benzene rings is 3. The van der Waals surface area contributed by atoms with E-state index >= 15 is 0 Å². The number of hydrogen-bond acceptors (Lipinski definition) is 13. The molecule has 72 heavy (non-hydrogen) atoms. The van der Waals surface area contributed by atoms with Gasteiger partial charge in [0.05, 0.1) is 39.3 Å². The van der Waals surface area contributed by atoms with Crippen LogP contribution in [0.25, 0.3) is 11.0 Å². The lowest BCUT2D eigenvalue weighted by Gasteiger charge is -2.57. The summed E-state index contributed by atoms with van der Waals surface area (Å²) in [7, 11) is -4.61. The van der Waals surface area contributed by atoms with E-state index in [2.05, 4.69) is 67.8 Å². The molecule has 4 aliphatic heterocycles. The number of nitrogens with zero attached hydrogens (tertiary/aromatic N) is 5. The van der Waals surface area contributed by atoms with Crippen molar-refractivity contribution in [3.05, 3.63) is 106 Å². The first kappa shape index (κ1) is 48.5. The molecule has 1 spiro atoms. The minimum absolute atomic E-state index is 0.124. The van der Waals surface area contributed by atoms with Crippen LogP contribution in [0.4, 0.5) is 28.4 Å². The molecule has 4 N–H and O–H groups in total. The molecule has 0 bridgehead atoms. The fraction of sp³-hybridized carbons (Fsp3) is 0.527. The van der Waals surface area contributed by atoms with Crippen LogP contribution in [-0.2, 0) is 14.8 Å². The Bertz CT molecular complexity index is 2950. The van der Waals surface area contributed by atoms with Crippen LogP contribution in [0.2, 0.25) is 0 Å². The molecule has 2 saturated carbocycles. The highest BCUT2D eigenvalue weighted by Gasteiger charge is 2.50. The van der Waals surface area contributed by atoms with Gasteiger partial charge in [-0.2, -0.15) is 4.98 Å². The maximum atomic E-state index is 14.7. The predicted molar refractivity (Wildman–Crippen MR) is 278 cm³/mol. The van der Waals surface area contributed by atoms with Gasteiger partial charge < -0.3 is 34.7 Å². The number of hydrogen-bond donors (Lipinski definition) is 4.